The molecule has 4 nitrogen and oxygen atoms in total. The van der Waals surface area contributed by atoms with Gasteiger partial charge in [0.05, 0.1) is 0 Å². The van der Waals surface area contributed by atoms with Gasteiger partial charge in [-0.3, -0.25) is 0 Å². The van der Waals surface area contributed by atoms with Gasteiger partial charge in [0.25, 0.3) is 0 Å². The number of para-hydroxylation sites is 1. The maximum Gasteiger partial charge on any atom is 0.123 e. The highest BCUT2D eigenvalue weighted by atomic mass is 16.5. The molecule has 2 aromatic carbocycles. The highest BCUT2D eigenvalue weighted by Crippen LogP contribution is 2.26. The van der Waals surface area contributed by atoms with Crippen molar-refractivity contribution in [3.63, 3.8) is 0 Å². The lowest BCUT2D eigenvalue weighted by Crippen LogP contribution is -2.21. The Hall–Kier alpha value is -2.04. The van der Waals surface area contributed by atoms with Crippen LogP contribution in [0, 0.1) is 0 Å². The van der Waals surface area contributed by atoms with Gasteiger partial charge in [-0.1, -0.05) is 30.3 Å². The molecule has 2 aliphatic rings. The van der Waals surface area contributed by atoms with Crippen LogP contribution in [0.15, 0.2) is 48.5 Å². The number of hydrogen-bond acceptors (Lipinski definition) is 4. The van der Waals surface area contributed by atoms with Crippen LogP contribution in [0.2, 0.25) is 0 Å². The third-order valence-electron chi connectivity index (χ3n) is 5.58. The summed E-state index contributed by atoms with van der Waals surface area (Å²) in [5.74, 6) is 1.99. The Morgan fingerprint density at radius 1 is 0.815 bits per heavy atom. The fourth-order valence-electron chi connectivity index (χ4n) is 4.02. The summed E-state index contributed by atoms with van der Waals surface area (Å²) in [6.45, 7) is 4.26. The first-order chi connectivity index (χ1) is 13.2. The minimum Gasteiger partial charge on any atom is -0.489 e. The Morgan fingerprint density at radius 2 is 1.44 bits per heavy atom. The summed E-state index contributed by atoms with van der Waals surface area (Å²) in [6, 6.07) is 17.0. The van der Waals surface area contributed by atoms with Gasteiger partial charge in [0.2, 0.25) is 0 Å². The van der Waals surface area contributed by atoms with Crippen molar-refractivity contribution in [2.75, 3.05) is 40.3 Å². The van der Waals surface area contributed by atoms with E-state index < -0.39 is 0 Å². The normalized spacial score (nSPS) is 23.6. The average molecular weight is 367 g/mol. The predicted octanol–water partition coefficient (Wildman–Crippen LogP) is 3.44. The molecule has 0 amide bonds. The molecule has 4 heteroatoms. The van der Waals surface area contributed by atoms with E-state index in [4.69, 9.17) is 9.47 Å². The van der Waals surface area contributed by atoms with Crippen LogP contribution in [0.25, 0.3) is 0 Å². The monoisotopic (exact) mass is 366 g/mol. The second kappa shape index (κ2) is 8.32. The summed E-state index contributed by atoms with van der Waals surface area (Å²) in [5, 5.41) is 0. The lowest BCUT2D eigenvalue weighted by atomic mass is 10.0. The molecule has 2 atom stereocenters. The van der Waals surface area contributed by atoms with E-state index >= 15 is 0 Å². The number of likely N-dealkylation sites (tertiary alicyclic amines) is 2. The molecule has 0 spiro atoms. The molecule has 144 valence electrons. The SMILES string of the molecule is CN1CCC(Oc2ccc(Cc3ccccc3OC3CCN(C)C3)cc2)C1. The molecule has 0 N–H and O–H groups in total. The van der Waals surface area contributed by atoms with Crippen LogP contribution in [0.3, 0.4) is 0 Å². The number of benzene rings is 2. The van der Waals surface area contributed by atoms with Gasteiger partial charge in [-0.05, 0) is 56.3 Å². The van der Waals surface area contributed by atoms with Crippen LogP contribution in [0.5, 0.6) is 11.5 Å². The van der Waals surface area contributed by atoms with Crippen molar-refractivity contribution in [3.8, 4) is 11.5 Å². The second-order valence-electron chi connectivity index (χ2n) is 8.01. The van der Waals surface area contributed by atoms with E-state index in [1.54, 1.807) is 0 Å². The fraction of sp³-hybridized carbons (Fsp3) is 0.478. The Labute approximate surface area is 162 Å². The van der Waals surface area contributed by atoms with Gasteiger partial charge in [-0.15, -0.1) is 0 Å². The van der Waals surface area contributed by atoms with E-state index in [2.05, 4.69) is 72.4 Å². The molecule has 0 radical (unpaired) electrons. The number of hydrogen-bond donors (Lipinski definition) is 0. The zero-order valence-corrected chi connectivity index (χ0v) is 16.4. The van der Waals surface area contributed by atoms with Crippen molar-refractivity contribution in [1.82, 2.24) is 9.80 Å². The van der Waals surface area contributed by atoms with Crippen LogP contribution in [0.4, 0.5) is 0 Å². The summed E-state index contributed by atoms with van der Waals surface area (Å²) in [7, 11) is 4.30. The van der Waals surface area contributed by atoms with Gasteiger partial charge in [0.1, 0.15) is 23.7 Å². The molecule has 27 heavy (non-hydrogen) atoms. The van der Waals surface area contributed by atoms with Gasteiger partial charge in [-0.2, -0.15) is 0 Å². The minimum absolute atomic E-state index is 0.302. The van der Waals surface area contributed by atoms with E-state index in [0.717, 1.165) is 56.9 Å². The lowest BCUT2D eigenvalue weighted by molar-refractivity contribution is 0.206. The van der Waals surface area contributed by atoms with E-state index in [0.29, 0.717) is 12.2 Å². The molecule has 0 aliphatic carbocycles. The van der Waals surface area contributed by atoms with E-state index in [1.165, 1.54) is 11.1 Å². The first kappa shape index (κ1) is 18.3. The van der Waals surface area contributed by atoms with Crippen LogP contribution in [-0.2, 0) is 6.42 Å². The standard InChI is InChI=1S/C23H30N2O2/c1-24-13-11-21(16-24)26-20-9-7-18(8-10-20)15-19-5-3-4-6-23(19)27-22-12-14-25(2)17-22/h3-10,21-22H,11-17H2,1-2H3. The van der Waals surface area contributed by atoms with Crippen molar-refractivity contribution in [3.05, 3.63) is 59.7 Å². The smallest absolute Gasteiger partial charge is 0.123 e. The van der Waals surface area contributed by atoms with Gasteiger partial charge in [-0.25, -0.2) is 0 Å². The summed E-state index contributed by atoms with van der Waals surface area (Å²) in [6.07, 6.45) is 3.72. The molecular formula is C23H30N2O2. The molecule has 0 aromatic heterocycles. The summed E-state index contributed by atoms with van der Waals surface area (Å²) in [5.41, 5.74) is 2.53. The Morgan fingerprint density at radius 3 is 2.07 bits per heavy atom. The number of likely N-dealkylation sites (N-methyl/N-ethyl adjacent to an activating group) is 2. The zero-order valence-electron chi connectivity index (χ0n) is 16.4. The van der Waals surface area contributed by atoms with Crippen molar-refractivity contribution in [2.45, 2.75) is 31.5 Å². The molecule has 2 saturated heterocycles. The first-order valence-corrected chi connectivity index (χ1v) is 10.0. The average Bonchev–Trinajstić information content (AvgIpc) is 3.26. The van der Waals surface area contributed by atoms with Gasteiger partial charge < -0.3 is 19.3 Å². The van der Waals surface area contributed by atoms with Crippen molar-refractivity contribution >= 4 is 0 Å². The molecular weight excluding hydrogens is 336 g/mol. The molecule has 0 bridgehead atoms. The number of nitrogens with zero attached hydrogens (tertiary/aromatic N) is 2. The van der Waals surface area contributed by atoms with Crippen molar-refractivity contribution in [1.29, 1.82) is 0 Å². The van der Waals surface area contributed by atoms with Crippen LogP contribution in [0.1, 0.15) is 24.0 Å². The van der Waals surface area contributed by atoms with E-state index in [-0.39, 0.29) is 0 Å². The summed E-state index contributed by atoms with van der Waals surface area (Å²) in [4.78, 5) is 4.65. The van der Waals surface area contributed by atoms with Crippen molar-refractivity contribution in [2.24, 2.45) is 0 Å². The Kier molecular flexibility index (Phi) is 5.65. The molecule has 2 heterocycles. The topological polar surface area (TPSA) is 24.9 Å². The minimum atomic E-state index is 0.302. The molecule has 2 fully saturated rings. The highest BCUT2D eigenvalue weighted by Gasteiger charge is 2.22. The predicted molar refractivity (Wildman–Crippen MR) is 109 cm³/mol. The first-order valence-electron chi connectivity index (χ1n) is 10.0. The van der Waals surface area contributed by atoms with Crippen molar-refractivity contribution < 1.29 is 9.47 Å². The van der Waals surface area contributed by atoms with Crippen LogP contribution in [-0.4, -0.2) is 62.3 Å². The second-order valence-corrected chi connectivity index (χ2v) is 8.01. The Bertz CT molecular complexity index is 746. The molecule has 4 rings (SSSR count). The quantitative estimate of drug-likeness (QED) is 0.782. The largest absolute Gasteiger partial charge is 0.489 e. The molecule has 2 aromatic rings. The van der Waals surface area contributed by atoms with Crippen LogP contribution >= 0.6 is 0 Å². The van der Waals surface area contributed by atoms with Gasteiger partial charge >= 0.3 is 0 Å². The van der Waals surface area contributed by atoms with E-state index in [9.17, 15) is 0 Å². The molecule has 2 aliphatic heterocycles. The van der Waals surface area contributed by atoms with Gasteiger partial charge in [0, 0.05) is 32.6 Å². The molecule has 2 unspecified atom stereocenters. The summed E-state index contributed by atoms with van der Waals surface area (Å²) >= 11 is 0. The third kappa shape index (κ3) is 4.82. The fourth-order valence-corrected chi connectivity index (χ4v) is 4.02. The molecule has 0 saturated carbocycles. The Balaban J connectivity index is 1.39. The van der Waals surface area contributed by atoms with E-state index in [1.807, 2.05) is 0 Å². The zero-order chi connectivity index (χ0) is 18.6. The summed E-state index contributed by atoms with van der Waals surface area (Å²) < 4.78 is 12.4. The van der Waals surface area contributed by atoms with Crippen LogP contribution < -0.4 is 9.47 Å². The number of rotatable bonds is 6. The maximum absolute atomic E-state index is 6.30. The van der Waals surface area contributed by atoms with Gasteiger partial charge in [0.15, 0.2) is 0 Å². The maximum atomic E-state index is 6.30. The highest BCUT2D eigenvalue weighted by molar-refractivity contribution is 5.39. The lowest BCUT2D eigenvalue weighted by Gasteiger charge is -2.17. The number of ether oxygens (including phenoxy) is 2. The third-order valence-corrected chi connectivity index (χ3v) is 5.58.